The molecular weight excluding hydrogens is 196 g/mol. The number of nitrogens with one attached hydrogen (secondary N) is 1. The summed E-state index contributed by atoms with van der Waals surface area (Å²) in [6.07, 6.45) is 0. The van der Waals surface area contributed by atoms with Gasteiger partial charge in [-0.1, -0.05) is 6.07 Å². The molecule has 5 nitrogen and oxygen atoms in total. The van der Waals surface area contributed by atoms with Gasteiger partial charge in [-0.15, -0.1) is 0 Å². The third-order valence-corrected chi connectivity index (χ3v) is 2.26. The molecule has 1 N–H and O–H groups in total. The summed E-state index contributed by atoms with van der Waals surface area (Å²) in [7, 11) is 0. The molecule has 1 aromatic heterocycles. The smallest absolute Gasteiger partial charge is 0.281 e. The molecule has 1 heterocycles. The fourth-order valence-corrected chi connectivity index (χ4v) is 1.57. The van der Waals surface area contributed by atoms with E-state index in [1.165, 1.54) is 12.1 Å². The molecule has 2 rings (SSSR count). The van der Waals surface area contributed by atoms with E-state index < -0.39 is 4.92 Å². The van der Waals surface area contributed by atoms with Gasteiger partial charge in [0, 0.05) is 11.6 Å². The molecule has 0 amide bonds. The summed E-state index contributed by atoms with van der Waals surface area (Å²) in [5.74, 6) is 0. The SMILES string of the molecule is Cc1ccc2[nH]c(=O)ccc2c1[N+](=O)[O-]. The van der Waals surface area contributed by atoms with Crippen LogP contribution in [-0.4, -0.2) is 9.91 Å². The molecule has 1 aromatic carbocycles. The van der Waals surface area contributed by atoms with Crippen LogP contribution in [0.2, 0.25) is 0 Å². The number of nitro groups is 1. The first-order chi connectivity index (χ1) is 7.09. The summed E-state index contributed by atoms with van der Waals surface area (Å²) in [6, 6.07) is 6.05. The van der Waals surface area contributed by atoms with E-state index in [0.29, 0.717) is 16.5 Å². The number of hydrogen-bond acceptors (Lipinski definition) is 3. The Balaban J connectivity index is 2.94. The van der Waals surface area contributed by atoms with Crippen molar-refractivity contribution >= 4 is 16.6 Å². The van der Waals surface area contributed by atoms with E-state index in [0.717, 1.165) is 0 Å². The Morgan fingerprint density at radius 1 is 1.27 bits per heavy atom. The highest BCUT2D eigenvalue weighted by Crippen LogP contribution is 2.26. The lowest BCUT2D eigenvalue weighted by Gasteiger charge is -2.01. The first-order valence-electron chi connectivity index (χ1n) is 4.36. The summed E-state index contributed by atoms with van der Waals surface area (Å²) in [5.41, 5.74) is 0.851. The number of benzene rings is 1. The number of aromatic amines is 1. The van der Waals surface area contributed by atoms with Gasteiger partial charge in [0.1, 0.15) is 0 Å². The van der Waals surface area contributed by atoms with Crippen molar-refractivity contribution in [3.63, 3.8) is 0 Å². The van der Waals surface area contributed by atoms with Crippen LogP contribution in [0.3, 0.4) is 0 Å². The Kier molecular flexibility index (Phi) is 2.00. The van der Waals surface area contributed by atoms with Crippen molar-refractivity contribution in [1.29, 1.82) is 0 Å². The number of pyridine rings is 1. The second kappa shape index (κ2) is 3.20. The molecule has 0 atom stereocenters. The molecule has 0 aliphatic carbocycles. The molecule has 0 bridgehead atoms. The van der Waals surface area contributed by atoms with E-state index in [1.807, 2.05) is 0 Å². The van der Waals surface area contributed by atoms with Crippen molar-refractivity contribution in [2.45, 2.75) is 6.92 Å². The maximum absolute atomic E-state index is 11.0. The van der Waals surface area contributed by atoms with Gasteiger partial charge in [0.05, 0.1) is 15.8 Å². The van der Waals surface area contributed by atoms with Crippen LogP contribution in [0.15, 0.2) is 29.1 Å². The van der Waals surface area contributed by atoms with Gasteiger partial charge >= 0.3 is 0 Å². The Hall–Kier alpha value is -2.17. The Labute approximate surface area is 84.5 Å². The van der Waals surface area contributed by atoms with Gasteiger partial charge in [-0.2, -0.15) is 0 Å². The summed E-state index contributed by atoms with van der Waals surface area (Å²) in [5, 5.41) is 11.3. The van der Waals surface area contributed by atoms with Gasteiger partial charge < -0.3 is 4.98 Å². The first kappa shape index (κ1) is 9.39. The van der Waals surface area contributed by atoms with Crippen LogP contribution in [0.1, 0.15) is 5.56 Å². The largest absolute Gasteiger partial charge is 0.322 e. The molecular formula is C10H8N2O3. The van der Waals surface area contributed by atoms with Crippen LogP contribution in [0, 0.1) is 17.0 Å². The van der Waals surface area contributed by atoms with E-state index >= 15 is 0 Å². The molecule has 0 unspecified atom stereocenters. The van der Waals surface area contributed by atoms with Crippen molar-refractivity contribution in [2.75, 3.05) is 0 Å². The topological polar surface area (TPSA) is 76.0 Å². The highest BCUT2D eigenvalue weighted by Gasteiger charge is 2.15. The number of aryl methyl sites for hydroxylation is 1. The zero-order chi connectivity index (χ0) is 11.0. The van der Waals surface area contributed by atoms with Gasteiger partial charge in [-0.3, -0.25) is 14.9 Å². The molecule has 0 saturated heterocycles. The van der Waals surface area contributed by atoms with Crippen molar-refractivity contribution in [3.8, 4) is 0 Å². The van der Waals surface area contributed by atoms with Crippen molar-refractivity contribution < 1.29 is 4.92 Å². The molecule has 0 aliphatic rings. The molecule has 2 aromatic rings. The van der Waals surface area contributed by atoms with Gasteiger partial charge in [-0.05, 0) is 19.1 Å². The number of aromatic nitrogens is 1. The number of fused-ring (bicyclic) bond motifs is 1. The standard InChI is InChI=1S/C10H8N2O3/c1-6-2-4-8-7(10(6)12(14)15)3-5-9(13)11-8/h2-5H,1H3,(H,11,13). The lowest BCUT2D eigenvalue weighted by molar-refractivity contribution is -0.383. The summed E-state index contributed by atoms with van der Waals surface area (Å²) in [6.45, 7) is 1.67. The monoisotopic (exact) mass is 204 g/mol. The molecule has 0 aliphatic heterocycles. The normalized spacial score (nSPS) is 10.5. The number of H-pyrrole nitrogens is 1. The minimum Gasteiger partial charge on any atom is -0.322 e. The maximum atomic E-state index is 11.0. The zero-order valence-electron chi connectivity index (χ0n) is 7.98. The van der Waals surface area contributed by atoms with Crippen LogP contribution in [0.4, 0.5) is 5.69 Å². The molecule has 0 saturated carbocycles. The van der Waals surface area contributed by atoms with Crippen LogP contribution < -0.4 is 5.56 Å². The molecule has 76 valence electrons. The molecule has 15 heavy (non-hydrogen) atoms. The average Bonchev–Trinajstić information content (AvgIpc) is 2.17. The minimum absolute atomic E-state index is 0.0451. The number of nitro benzene ring substituents is 1. The van der Waals surface area contributed by atoms with Crippen molar-refractivity contribution in [2.24, 2.45) is 0 Å². The van der Waals surface area contributed by atoms with Gasteiger partial charge in [-0.25, -0.2) is 0 Å². The maximum Gasteiger partial charge on any atom is 0.281 e. The van der Waals surface area contributed by atoms with Crippen LogP contribution in [0.25, 0.3) is 10.9 Å². The Bertz CT molecular complexity index is 601. The van der Waals surface area contributed by atoms with Crippen LogP contribution in [0.5, 0.6) is 0 Å². The van der Waals surface area contributed by atoms with Crippen LogP contribution >= 0.6 is 0 Å². The molecule has 5 heteroatoms. The van der Waals surface area contributed by atoms with Crippen molar-refractivity contribution in [3.05, 3.63) is 50.3 Å². The fourth-order valence-electron chi connectivity index (χ4n) is 1.57. The van der Waals surface area contributed by atoms with Gasteiger partial charge in [0.15, 0.2) is 0 Å². The third kappa shape index (κ3) is 1.48. The minimum atomic E-state index is -0.435. The van der Waals surface area contributed by atoms with Crippen LogP contribution in [-0.2, 0) is 0 Å². The quantitative estimate of drug-likeness (QED) is 0.567. The van der Waals surface area contributed by atoms with E-state index in [1.54, 1.807) is 19.1 Å². The van der Waals surface area contributed by atoms with E-state index in [4.69, 9.17) is 0 Å². The van der Waals surface area contributed by atoms with Gasteiger partial charge in [0.2, 0.25) is 5.56 Å². The summed E-state index contributed by atoms with van der Waals surface area (Å²) in [4.78, 5) is 24.0. The number of hydrogen-bond donors (Lipinski definition) is 1. The Morgan fingerprint density at radius 2 is 2.00 bits per heavy atom. The predicted molar refractivity (Wildman–Crippen MR) is 56.0 cm³/mol. The molecule has 0 radical (unpaired) electrons. The fraction of sp³-hybridized carbons (Fsp3) is 0.100. The summed E-state index contributed by atoms with van der Waals surface area (Å²) >= 11 is 0. The predicted octanol–water partition coefficient (Wildman–Crippen LogP) is 1.74. The number of nitrogens with zero attached hydrogens (tertiary/aromatic N) is 1. The third-order valence-electron chi connectivity index (χ3n) is 2.26. The highest BCUT2D eigenvalue weighted by atomic mass is 16.6. The van der Waals surface area contributed by atoms with E-state index in [2.05, 4.69) is 4.98 Å². The Morgan fingerprint density at radius 3 is 2.67 bits per heavy atom. The highest BCUT2D eigenvalue weighted by molar-refractivity contribution is 5.89. The molecule has 0 spiro atoms. The average molecular weight is 204 g/mol. The van der Waals surface area contributed by atoms with Crippen molar-refractivity contribution in [1.82, 2.24) is 4.98 Å². The second-order valence-corrected chi connectivity index (χ2v) is 3.27. The lowest BCUT2D eigenvalue weighted by Crippen LogP contribution is -2.04. The van der Waals surface area contributed by atoms with E-state index in [-0.39, 0.29) is 11.2 Å². The summed E-state index contributed by atoms with van der Waals surface area (Å²) < 4.78 is 0. The zero-order valence-corrected chi connectivity index (χ0v) is 7.98. The van der Waals surface area contributed by atoms with E-state index in [9.17, 15) is 14.9 Å². The first-order valence-corrected chi connectivity index (χ1v) is 4.36. The lowest BCUT2D eigenvalue weighted by atomic mass is 10.1. The number of rotatable bonds is 1. The second-order valence-electron chi connectivity index (χ2n) is 3.27. The molecule has 0 fully saturated rings. The van der Waals surface area contributed by atoms with Gasteiger partial charge in [0.25, 0.3) is 5.69 Å².